The Kier molecular flexibility index (Phi) is 4.58. The van der Waals surface area contributed by atoms with Gasteiger partial charge in [0.25, 0.3) is 10.1 Å². The van der Waals surface area contributed by atoms with Crippen molar-refractivity contribution in [2.75, 3.05) is 5.73 Å². The summed E-state index contributed by atoms with van der Waals surface area (Å²) in [6.07, 6.45) is 0. The van der Waals surface area contributed by atoms with Gasteiger partial charge in [-0.2, -0.15) is 8.42 Å². The molecular weight excluding hydrogens is 204 g/mol. The van der Waals surface area contributed by atoms with Gasteiger partial charge in [-0.15, -0.1) is 0 Å². The summed E-state index contributed by atoms with van der Waals surface area (Å²) >= 11 is 0. The van der Waals surface area contributed by atoms with E-state index in [9.17, 15) is 8.42 Å². The van der Waals surface area contributed by atoms with Gasteiger partial charge in [0, 0.05) is 5.69 Å². The topological polar surface area (TPSA) is 104 Å². The molecule has 76 valence electrons. The van der Waals surface area contributed by atoms with Gasteiger partial charge in [0.1, 0.15) is 0 Å². The van der Waals surface area contributed by atoms with Gasteiger partial charge >= 0.3 is 0 Å². The van der Waals surface area contributed by atoms with Gasteiger partial charge < -0.3 is 5.73 Å². The Morgan fingerprint density at radius 3 is 2.00 bits per heavy atom. The second-order valence-electron chi connectivity index (χ2n) is 2.22. The number of hydrogen-bond acceptors (Lipinski definition) is 4. The summed E-state index contributed by atoms with van der Waals surface area (Å²) in [6.45, 7) is 2.90. The van der Waals surface area contributed by atoms with Gasteiger partial charge in [-0.25, -0.2) is 0 Å². The lowest BCUT2D eigenvalue weighted by atomic mass is 10.3. The molecule has 0 heterocycles. The van der Waals surface area contributed by atoms with Gasteiger partial charge in [0.15, 0.2) is 0 Å². The molecule has 0 unspecified atom stereocenters. The summed E-state index contributed by atoms with van der Waals surface area (Å²) in [5, 5.41) is 5.85. The summed E-state index contributed by atoms with van der Waals surface area (Å²) in [5.74, 6) is 1.75. The van der Waals surface area contributed by atoms with E-state index in [1.807, 2.05) is 0 Å². The highest BCUT2D eigenvalue weighted by molar-refractivity contribution is 7.85. The highest BCUT2D eigenvalue weighted by atomic mass is 32.2. The molecule has 0 bridgehead atoms. The lowest BCUT2D eigenvalue weighted by Gasteiger charge is -1.95. The number of rotatable bonds is 1. The van der Waals surface area contributed by atoms with Crippen LogP contribution in [0.25, 0.3) is 0 Å². The fourth-order valence-electron chi connectivity index (χ4n) is 0.640. The maximum Gasteiger partial charge on any atom is 0.294 e. The van der Waals surface area contributed by atoms with E-state index in [1.165, 1.54) is 24.3 Å². The van der Waals surface area contributed by atoms with Crippen LogP contribution in [0, 0.1) is 5.41 Å². The largest absolute Gasteiger partial charge is 0.399 e. The van der Waals surface area contributed by atoms with Crippen molar-refractivity contribution in [2.45, 2.75) is 4.90 Å². The third kappa shape index (κ3) is 4.42. The molecule has 0 radical (unpaired) electrons. The molecule has 0 spiro atoms. The van der Waals surface area contributed by atoms with Crippen LogP contribution < -0.4 is 5.73 Å². The SMILES string of the molecule is C=C=N.Nc1ccc(S(=O)(=O)O)cc1. The second kappa shape index (κ2) is 5.18. The van der Waals surface area contributed by atoms with Crippen LogP contribution in [0.4, 0.5) is 5.69 Å². The van der Waals surface area contributed by atoms with Crippen LogP contribution in [-0.2, 0) is 10.1 Å². The Balaban J connectivity index is 0.000000500. The van der Waals surface area contributed by atoms with Crippen LogP contribution >= 0.6 is 0 Å². The molecular formula is C8H10N2O3S. The lowest BCUT2D eigenvalue weighted by molar-refractivity contribution is 0.483. The van der Waals surface area contributed by atoms with Crippen molar-refractivity contribution in [3.8, 4) is 0 Å². The molecule has 0 aliphatic carbocycles. The number of anilines is 1. The van der Waals surface area contributed by atoms with Crippen molar-refractivity contribution in [1.29, 1.82) is 5.41 Å². The molecule has 1 aromatic rings. The van der Waals surface area contributed by atoms with Crippen molar-refractivity contribution in [1.82, 2.24) is 0 Å². The Hall–Kier alpha value is -1.62. The summed E-state index contributed by atoms with van der Waals surface area (Å²) in [4.78, 5) is -0.147. The molecule has 0 fully saturated rings. The molecule has 6 heteroatoms. The molecule has 4 N–H and O–H groups in total. The summed E-state index contributed by atoms with van der Waals surface area (Å²) in [5.41, 5.74) is 5.75. The first kappa shape index (κ1) is 12.4. The van der Waals surface area contributed by atoms with Gasteiger partial charge in [-0.05, 0) is 36.7 Å². The standard InChI is InChI=1S/C6H7NO3S.C2H3N/c7-5-1-3-6(4-2-5)11(8,9)10;1-2-3/h1-4H,7H2,(H,8,9,10);3H,1H2. The Morgan fingerprint density at radius 2 is 1.71 bits per heavy atom. The molecule has 1 aromatic carbocycles. The van der Waals surface area contributed by atoms with Crippen LogP contribution in [-0.4, -0.2) is 18.8 Å². The molecule has 0 atom stereocenters. The van der Waals surface area contributed by atoms with E-state index in [0.717, 1.165) is 0 Å². The zero-order valence-corrected chi connectivity index (χ0v) is 8.08. The van der Waals surface area contributed by atoms with E-state index in [4.69, 9.17) is 15.7 Å². The minimum Gasteiger partial charge on any atom is -0.399 e. The minimum absolute atomic E-state index is 0.147. The summed E-state index contributed by atoms with van der Waals surface area (Å²) < 4.78 is 29.4. The van der Waals surface area contributed by atoms with Crippen molar-refractivity contribution in [3.05, 3.63) is 30.8 Å². The first-order valence-corrected chi connectivity index (χ1v) is 4.87. The van der Waals surface area contributed by atoms with Crippen molar-refractivity contribution in [2.24, 2.45) is 0 Å². The molecule has 14 heavy (non-hydrogen) atoms. The average molecular weight is 214 g/mol. The molecule has 0 amide bonds. The van der Waals surface area contributed by atoms with Gasteiger partial charge in [0.2, 0.25) is 0 Å². The molecule has 0 saturated carbocycles. The molecule has 0 aromatic heterocycles. The van der Waals surface area contributed by atoms with Crippen LogP contribution in [0.3, 0.4) is 0 Å². The van der Waals surface area contributed by atoms with E-state index in [0.29, 0.717) is 5.69 Å². The molecule has 1 rings (SSSR count). The third-order valence-corrected chi connectivity index (χ3v) is 2.05. The van der Waals surface area contributed by atoms with E-state index in [2.05, 4.69) is 6.58 Å². The lowest BCUT2D eigenvalue weighted by Crippen LogP contribution is -1.97. The normalized spacial score (nSPS) is 9.50. The highest BCUT2D eigenvalue weighted by Gasteiger charge is 2.06. The quantitative estimate of drug-likeness (QED) is 0.367. The number of nitrogens with one attached hydrogen (secondary N) is 1. The monoisotopic (exact) mass is 214 g/mol. The number of hydrogen-bond donors (Lipinski definition) is 3. The smallest absolute Gasteiger partial charge is 0.294 e. The average Bonchev–Trinajstić information content (AvgIpc) is 2.04. The highest BCUT2D eigenvalue weighted by Crippen LogP contribution is 2.10. The number of benzene rings is 1. The van der Waals surface area contributed by atoms with E-state index < -0.39 is 10.1 Å². The zero-order chi connectivity index (χ0) is 11.2. The van der Waals surface area contributed by atoms with Gasteiger partial charge in [-0.3, -0.25) is 9.96 Å². The molecule has 0 aliphatic rings. The summed E-state index contributed by atoms with van der Waals surface area (Å²) in [7, 11) is -4.08. The van der Waals surface area contributed by atoms with Crippen molar-refractivity contribution < 1.29 is 13.0 Å². The fourth-order valence-corrected chi connectivity index (χ4v) is 1.12. The Morgan fingerprint density at radius 1 is 1.36 bits per heavy atom. The van der Waals surface area contributed by atoms with Crippen molar-refractivity contribution >= 4 is 21.7 Å². The van der Waals surface area contributed by atoms with E-state index in [1.54, 1.807) is 5.87 Å². The van der Waals surface area contributed by atoms with Gasteiger partial charge in [-0.1, -0.05) is 0 Å². The number of nitrogens with two attached hydrogens (primary N) is 1. The predicted octanol–water partition coefficient (Wildman–Crippen LogP) is 0.936. The van der Waals surface area contributed by atoms with Crippen LogP contribution in [0.1, 0.15) is 0 Å². The minimum atomic E-state index is -4.08. The van der Waals surface area contributed by atoms with Gasteiger partial charge in [0.05, 0.1) is 4.90 Å². The Bertz CT molecular complexity index is 416. The molecule has 0 saturated heterocycles. The maximum absolute atomic E-state index is 10.5. The van der Waals surface area contributed by atoms with E-state index >= 15 is 0 Å². The predicted molar refractivity (Wildman–Crippen MR) is 54.0 cm³/mol. The summed E-state index contributed by atoms with van der Waals surface area (Å²) in [6, 6.07) is 5.29. The number of nitrogen functional groups attached to an aromatic ring is 1. The Labute approximate surface area is 82.1 Å². The van der Waals surface area contributed by atoms with Crippen molar-refractivity contribution in [3.63, 3.8) is 0 Å². The first-order chi connectivity index (χ1) is 6.41. The molecule has 0 aliphatic heterocycles. The second-order valence-corrected chi connectivity index (χ2v) is 3.64. The third-order valence-electron chi connectivity index (χ3n) is 1.18. The fraction of sp³-hybridized carbons (Fsp3) is 0. The van der Waals surface area contributed by atoms with E-state index in [-0.39, 0.29) is 4.90 Å². The molecule has 5 nitrogen and oxygen atoms in total. The van der Waals surface area contributed by atoms with Crippen LogP contribution in [0.15, 0.2) is 35.7 Å². The first-order valence-electron chi connectivity index (χ1n) is 3.43. The zero-order valence-electron chi connectivity index (χ0n) is 7.27. The maximum atomic E-state index is 10.5. The van der Waals surface area contributed by atoms with Crippen LogP contribution in [0.5, 0.6) is 0 Å². The van der Waals surface area contributed by atoms with Crippen LogP contribution in [0.2, 0.25) is 0 Å².